The molecule has 78 valence electrons. The summed E-state index contributed by atoms with van der Waals surface area (Å²) in [7, 11) is 0. The molecule has 0 aliphatic rings. The quantitative estimate of drug-likeness (QED) is 0.722. The molecule has 0 bridgehead atoms. The van der Waals surface area contributed by atoms with Crippen LogP contribution in [0.15, 0.2) is 0 Å². The first-order chi connectivity index (χ1) is 5.71. The van der Waals surface area contributed by atoms with Gasteiger partial charge in [-0.3, -0.25) is 0 Å². The largest absolute Gasteiger partial charge is 0.477 e. The fourth-order valence-electron chi connectivity index (χ4n) is 0.393. The van der Waals surface area contributed by atoms with E-state index in [-0.39, 0.29) is 6.61 Å². The van der Waals surface area contributed by atoms with Crippen LogP contribution in [-0.4, -0.2) is 39.2 Å². The van der Waals surface area contributed by atoms with Crippen LogP contribution in [0.25, 0.3) is 0 Å². The van der Waals surface area contributed by atoms with Gasteiger partial charge in [0, 0.05) is 4.75 Å². The number of rotatable bonds is 5. The standard InChI is InChI=1S/C7H12F2O3S/c1-6(2,3-10)13-4-7(8,9)5(11)12/h10H,3-4H2,1-2H3,(H,11,12). The number of hydrogen-bond acceptors (Lipinski definition) is 3. The molecule has 2 N–H and O–H groups in total. The van der Waals surface area contributed by atoms with Crippen molar-refractivity contribution < 1.29 is 23.8 Å². The fraction of sp³-hybridized carbons (Fsp3) is 0.857. The minimum Gasteiger partial charge on any atom is -0.477 e. The maximum Gasteiger partial charge on any atom is 0.375 e. The lowest BCUT2D eigenvalue weighted by Gasteiger charge is -2.22. The topological polar surface area (TPSA) is 57.5 Å². The van der Waals surface area contributed by atoms with E-state index in [0.29, 0.717) is 0 Å². The Balaban J connectivity index is 4.09. The molecule has 0 radical (unpaired) electrons. The molecule has 0 amide bonds. The van der Waals surface area contributed by atoms with Gasteiger partial charge in [-0.25, -0.2) is 4.79 Å². The molecule has 0 heterocycles. The van der Waals surface area contributed by atoms with E-state index in [9.17, 15) is 13.6 Å². The zero-order chi connectivity index (χ0) is 10.7. The number of aliphatic hydroxyl groups excluding tert-OH is 1. The molecule has 0 spiro atoms. The van der Waals surface area contributed by atoms with E-state index < -0.39 is 22.4 Å². The van der Waals surface area contributed by atoms with Crippen molar-refractivity contribution in [3.63, 3.8) is 0 Å². The van der Waals surface area contributed by atoms with Crippen LogP contribution in [0.1, 0.15) is 13.8 Å². The van der Waals surface area contributed by atoms with E-state index in [4.69, 9.17) is 10.2 Å². The Kier molecular flexibility index (Phi) is 4.12. The van der Waals surface area contributed by atoms with Crippen LogP contribution < -0.4 is 0 Å². The SMILES string of the molecule is CC(C)(CO)SCC(F)(F)C(=O)O. The van der Waals surface area contributed by atoms with E-state index in [0.717, 1.165) is 11.8 Å². The van der Waals surface area contributed by atoms with Crippen molar-refractivity contribution in [3.05, 3.63) is 0 Å². The van der Waals surface area contributed by atoms with Gasteiger partial charge < -0.3 is 10.2 Å². The molecule has 0 atom stereocenters. The first kappa shape index (κ1) is 12.6. The minimum absolute atomic E-state index is 0.270. The van der Waals surface area contributed by atoms with E-state index >= 15 is 0 Å². The second-order valence-corrected chi connectivity index (χ2v) is 4.90. The third-order valence-corrected chi connectivity index (χ3v) is 2.76. The van der Waals surface area contributed by atoms with Gasteiger partial charge in [0.2, 0.25) is 0 Å². The second kappa shape index (κ2) is 4.23. The third kappa shape index (κ3) is 4.42. The first-order valence-electron chi connectivity index (χ1n) is 3.57. The van der Waals surface area contributed by atoms with E-state index in [1.807, 2.05) is 0 Å². The number of hydrogen-bond donors (Lipinski definition) is 2. The zero-order valence-corrected chi connectivity index (χ0v) is 8.20. The van der Waals surface area contributed by atoms with Crippen LogP contribution in [0.4, 0.5) is 8.78 Å². The Hall–Kier alpha value is -0.360. The van der Waals surface area contributed by atoms with E-state index in [2.05, 4.69) is 0 Å². The number of aliphatic carboxylic acids is 1. The Morgan fingerprint density at radius 2 is 1.92 bits per heavy atom. The zero-order valence-electron chi connectivity index (χ0n) is 7.38. The molecule has 0 aromatic carbocycles. The summed E-state index contributed by atoms with van der Waals surface area (Å²) in [5, 5.41) is 16.8. The summed E-state index contributed by atoms with van der Waals surface area (Å²) in [5.41, 5.74) is 0. The highest BCUT2D eigenvalue weighted by Gasteiger charge is 2.40. The molecule has 0 aliphatic heterocycles. The number of thioether (sulfide) groups is 1. The number of carbonyl (C=O) groups is 1. The summed E-state index contributed by atoms with van der Waals surface area (Å²) in [6.07, 6.45) is 0. The van der Waals surface area contributed by atoms with Crippen molar-refractivity contribution in [2.45, 2.75) is 24.5 Å². The highest BCUT2D eigenvalue weighted by molar-refractivity contribution is 8.00. The molecule has 0 aromatic heterocycles. The third-order valence-electron chi connectivity index (χ3n) is 1.34. The van der Waals surface area contributed by atoms with Gasteiger partial charge in [0.25, 0.3) is 0 Å². The van der Waals surface area contributed by atoms with Gasteiger partial charge in [-0.15, -0.1) is 11.8 Å². The maximum absolute atomic E-state index is 12.5. The summed E-state index contributed by atoms with van der Waals surface area (Å²) >= 11 is 0.733. The van der Waals surface area contributed by atoms with Gasteiger partial charge in [-0.05, 0) is 13.8 Å². The fourth-order valence-corrected chi connectivity index (χ4v) is 1.18. The van der Waals surface area contributed by atoms with Crippen LogP contribution in [0.2, 0.25) is 0 Å². The van der Waals surface area contributed by atoms with Crippen LogP contribution >= 0.6 is 11.8 Å². The molecule has 0 saturated carbocycles. The molecule has 0 aromatic rings. The van der Waals surface area contributed by atoms with Gasteiger partial charge in [0.05, 0.1) is 12.4 Å². The molecule has 0 rings (SSSR count). The average molecular weight is 214 g/mol. The van der Waals surface area contributed by atoms with Crippen molar-refractivity contribution in [3.8, 4) is 0 Å². The highest BCUT2D eigenvalue weighted by Crippen LogP contribution is 2.29. The average Bonchev–Trinajstić information content (AvgIpc) is 2.01. The summed E-state index contributed by atoms with van der Waals surface area (Å²) in [5.74, 6) is -6.68. The summed E-state index contributed by atoms with van der Waals surface area (Å²) < 4.78 is 24.3. The van der Waals surface area contributed by atoms with Crippen LogP contribution in [0.3, 0.4) is 0 Å². The van der Waals surface area contributed by atoms with Gasteiger partial charge >= 0.3 is 11.9 Å². The van der Waals surface area contributed by atoms with Crippen LogP contribution in [0, 0.1) is 0 Å². The molecule has 0 unspecified atom stereocenters. The van der Waals surface area contributed by atoms with Crippen molar-refractivity contribution >= 4 is 17.7 Å². The smallest absolute Gasteiger partial charge is 0.375 e. The Morgan fingerprint density at radius 1 is 1.46 bits per heavy atom. The summed E-state index contributed by atoms with van der Waals surface area (Å²) in [4.78, 5) is 10.0. The van der Waals surface area contributed by atoms with Gasteiger partial charge in [-0.2, -0.15) is 8.78 Å². The van der Waals surface area contributed by atoms with Crippen molar-refractivity contribution in [1.82, 2.24) is 0 Å². The molecule has 0 aliphatic carbocycles. The Bertz CT molecular complexity index is 194. The molecular formula is C7H12F2O3S. The second-order valence-electron chi connectivity index (χ2n) is 3.22. The molecular weight excluding hydrogens is 202 g/mol. The number of carboxylic acid groups (broad SMARTS) is 1. The molecule has 0 fully saturated rings. The van der Waals surface area contributed by atoms with Gasteiger partial charge in [0.15, 0.2) is 0 Å². The normalized spacial score (nSPS) is 13.0. The number of aliphatic hydroxyl groups is 1. The lowest BCUT2D eigenvalue weighted by atomic mass is 10.2. The predicted molar refractivity (Wildman–Crippen MR) is 46.2 cm³/mol. The van der Waals surface area contributed by atoms with Gasteiger partial charge in [0.1, 0.15) is 0 Å². The first-order valence-corrected chi connectivity index (χ1v) is 4.56. The van der Waals surface area contributed by atoms with Crippen LogP contribution in [0.5, 0.6) is 0 Å². The lowest BCUT2D eigenvalue weighted by Crippen LogP contribution is -2.34. The molecule has 0 saturated heterocycles. The number of carboxylic acids is 1. The van der Waals surface area contributed by atoms with E-state index in [1.54, 1.807) is 13.8 Å². The highest BCUT2D eigenvalue weighted by atomic mass is 32.2. The molecule has 13 heavy (non-hydrogen) atoms. The van der Waals surface area contributed by atoms with Crippen molar-refractivity contribution in [2.75, 3.05) is 12.4 Å². The lowest BCUT2D eigenvalue weighted by molar-refractivity contribution is -0.161. The minimum atomic E-state index is -3.73. The van der Waals surface area contributed by atoms with Crippen molar-refractivity contribution in [1.29, 1.82) is 0 Å². The predicted octanol–water partition coefficient (Wildman–Crippen LogP) is 1.21. The van der Waals surface area contributed by atoms with Gasteiger partial charge in [-0.1, -0.05) is 0 Å². The summed E-state index contributed by atoms with van der Waals surface area (Å²) in [6, 6.07) is 0. The molecule has 3 nitrogen and oxygen atoms in total. The molecule has 6 heteroatoms. The van der Waals surface area contributed by atoms with Crippen LogP contribution in [-0.2, 0) is 4.79 Å². The Morgan fingerprint density at radius 3 is 2.23 bits per heavy atom. The summed E-state index contributed by atoms with van der Waals surface area (Å²) in [6.45, 7) is 2.86. The number of alkyl halides is 2. The monoisotopic (exact) mass is 214 g/mol. The van der Waals surface area contributed by atoms with E-state index in [1.165, 1.54) is 0 Å². The Labute approximate surface area is 79.1 Å². The maximum atomic E-state index is 12.5. The number of halogens is 2. The van der Waals surface area contributed by atoms with Crippen molar-refractivity contribution in [2.24, 2.45) is 0 Å².